The Kier molecular flexibility index (Phi) is 5.01. The van der Waals surface area contributed by atoms with Crippen molar-refractivity contribution < 1.29 is 30.8 Å². The summed E-state index contributed by atoms with van der Waals surface area (Å²) in [6.45, 7) is 7.26. The Hall–Kier alpha value is -3.67. The molecule has 4 aromatic rings. The summed E-state index contributed by atoms with van der Waals surface area (Å²) >= 11 is 0. The van der Waals surface area contributed by atoms with Crippen molar-refractivity contribution in [3.63, 3.8) is 0 Å². The maximum atomic E-state index is 13.8. The summed E-state index contributed by atoms with van der Waals surface area (Å²) < 4.78 is 88.1. The minimum atomic E-state index is -4.69. The van der Waals surface area contributed by atoms with E-state index in [1.165, 1.54) is 30.3 Å². The monoisotopic (exact) mass is 474 g/mol. The lowest BCUT2D eigenvalue weighted by Gasteiger charge is -2.12. The molecule has 0 radical (unpaired) electrons. The summed E-state index contributed by atoms with van der Waals surface area (Å²) in [5, 5.41) is -0.0347. The van der Waals surface area contributed by atoms with E-state index in [1.54, 1.807) is 16.7 Å². The summed E-state index contributed by atoms with van der Waals surface area (Å²) in [4.78, 5) is 3.05. The number of fused-ring (bicyclic) bond motifs is 1. The van der Waals surface area contributed by atoms with Crippen molar-refractivity contribution in [2.75, 3.05) is 0 Å². The first-order valence-electron chi connectivity index (χ1n) is 10.4. The molecule has 9 heteroatoms. The number of benzene rings is 2. The maximum Gasteiger partial charge on any atom is 0.416 e. The minimum absolute atomic E-state index is 0.0347. The topological polar surface area (TPSA) is 22.4 Å². The van der Waals surface area contributed by atoms with Gasteiger partial charge in [-0.15, -0.1) is 0 Å². The van der Waals surface area contributed by atoms with Crippen molar-refractivity contribution in [3.05, 3.63) is 88.6 Å². The molecule has 5 rings (SSSR count). The molecule has 2 aromatic carbocycles. The molecule has 0 unspecified atom stereocenters. The van der Waals surface area contributed by atoms with E-state index in [-0.39, 0.29) is 29.2 Å². The van der Waals surface area contributed by atoms with E-state index in [4.69, 9.17) is 11.0 Å². The van der Waals surface area contributed by atoms with Gasteiger partial charge in [0.25, 0.3) is 0 Å². The molecular formula is C25H16F6N2O. The van der Waals surface area contributed by atoms with Crippen molar-refractivity contribution >= 4 is 16.6 Å². The fourth-order valence-electron chi connectivity index (χ4n) is 4.25. The molecule has 3 nitrogen and oxygen atoms in total. The molecule has 0 amide bonds. The number of halogens is 6. The predicted molar refractivity (Wildman–Crippen MR) is 113 cm³/mol. The third-order valence-corrected chi connectivity index (χ3v) is 5.94. The molecule has 0 N–H and O–H groups in total. The van der Waals surface area contributed by atoms with Crippen LogP contribution in [0.1, 0.15) is 41.3 Å². The molecule has 1 saturated carbocycles. The Morgan fingerprint density at radius 3 is 2.35 bits per heavy atom. The maximum absolute atomic E-state index is 13.8. The number of hydrogen-bond acceptors (Lipinski definition) is 1. The summed E-state index contributed by atoms with van der Waals surface area (Å²) in [5.41, 5.74) is -0.903. The first kappa shape index (κ1) is 22.1. The highest BCUT2D eigenvalue weighted by atomic mass is 19.4. The molecule has 0 atom stereocenters. The quantitative estimate of drug-likeness (QED) is 0.215. The van der Waals surface area contributed by atoms with Gasteiger partial charge in [0.15, 0.2) is 5.69 Å². The molecule has 174 valence electrons. The third kappa shape index (κ3) is 3.94. The lowest BCUT2D eigenvalue weighted by Crippen LogP contribution is -2.06. The van der Waals surface area contributed by atoms with Crippen molar-refractivity contribution in [1.29, 1.82) is 0 Å². The molecule has 0 saturated heterocycles. The van der Waals surface area contributed by atoms with E-state index in [9.17, 15) is 26.3 Å². The number of nitrogens with zero attached hydrogens (tertiary/aromatic N) is 2. The molecule has 0 aliphatic heterocycles. The van der Waals surface area contributed by atoms with E-state index >= 15 is 0 Å². The minimum Gasteiger partial charge on any atom is -0.459 e. The lowest BCUT2D eigenvalue weighted by molar-refractivity contribution is -0.137. The Morgan fingerprint density at radius 1 is 0.941 bits per heavy atom. The van der Waals surface area contributed by atoms with E-state index in [0.29, 0.717) is 11.3 Å². The molecule has 2 aromatic heterocycles. The van der Waals surface area contributed by atoms with Crippen LogP contribution in [0.2, 0.25) is 0 Å². The largest absolute Gasteiger partial charge is 0.459 e. The van der Waals surface area contributed by atoms with Crippen LogP contribution in [0.3, 0.4) is 0 Å². The van der Waals surface area contributed by atoms with Gasteiger partial charge in [0.2, 0.25) is 0 Å². The summed E-state index contributed by atoms with van der Waals surface area (Å²) in [6.07, 6.45) is -7.48. The van der Waals surface area contributed by atoms with Gasteiger partial charge >= 0.3 is 12.4 Å². The van der Waals surface area contributed by atoms with Gasteiger partial charge in [0, 0.05) is 22.2 Å². The Morgan fingerprint density at radius 2 is 1.71 bits per heavy atom. The van der Waals surface area contributed by atoms with Gasteiger partial charge in [-0.2, -0.15) is 26.3 Å². The van der Waals surface area contributed by atoms with Gasteiger partial charge in [-0.05, 0) is 55.2 Å². The zero-order valence-electron chi connectivity index (χ0n) is 17.5. The second-order valence-corrected chi connectivity index (χ2v) is 8.28. The number of hydrogen-bond donors (Lipinski definition) is 0. The van der Waals surface area contributed by atoms with Crippen LogP contribution < -0.4 is 0 Å². The molecule has 1 aliphatic rings. The average molecular weight is 474 g/mol. The average Bonchev–Trinajstić information content (AvgIpc) is 3.41. The van der Waals surface area contributed by atoms with Crippen molar-refractivity contribution in [2.45, 2.75) is 37.7 Å². The van der Waals surface area contributed by atoms with E-state index < -0.39 is 29.2 Å². The Labute approximate surface area is 190 Å². The molecule has 0 spiro atoms. The van der Waals surface area contributed by atoms with Crippen LogP contribution >= 0.6 is 0 Å². The van der Waals surface area contributed by atoms with Gasteiger partial charge in [-0.1, -0.05) is 18.2 Å². The molecule has 1 fully saturated rings. The van der Waals surface area contributed by atoms with Crippen molar-refractivity contribution in [1.82, 2.24) is 4.57 Å². The van der Waals surface area contributed by atoms with Gasteiger partial charge in [0.1, 0.15) is 11.5 Å². The molecule has 0 bridgehead atoms. The van der Waals surface area contributed by atoms with Crippen LogP contribution in [0.25, 0.3) is 27.1 Å². The van der Waals surface area contributed by atoms with Crippen LogP contribution in [-0.4, -0.2) is 4.57 Å². The fourth-order valence-corrected chi connectivity index (χ4v) is 4.25. The lowest BCUT2D eigenvalue weighted by atomic mass is 10.1. The second-order valence-electron chi connectivity index (χ2n) is 8.28. The van der Waals surface area contributed by atoms with Gasteiger partial charge in [0.05, 0.1) is 24.2 Å². The van der Waals surface area contributed by atoms with E-state index in [1.807, 2.05) is 0 Å². The van der Waals surface area contributed by atoms with Crippen LogP contribution in [0.15, 0.2) is 59.0 Å². The second kappa shape index (κ2) is 7.69. The molecule has 34 heavy (non-hydrogen) atoms. The predicted octanol–water partition coefficient (Wildman–Crippen LogP) is 8.42. The van der Waals surface area contributed by atoms with E-state index in [0.717, 1.165) is 30.7 Å². The van der Waals surface area contributed by atoms with Crippen LogP contribution in [0.4, 0.5) is 32.0 Å². The fraction of sp³-hybridized carbons (Fsp3) is 0.240. The Balaban J connectivity index is 1.56. The zero-order chi connectivity index (χ0) is 24.3. The normalized spacial score (nSPS) is 14.5. The van der Waals surface area contributed by atoms with Crippen LogP contribution in [0, 0.1) is 6.57 Å². The van der Waals surface area contributed by atoms with Crippen molar-refractivity contribution in [3.8, 4) is 11.3 Å². The van der Waals surface area contributed by atoms with Crippen LogP contribution in [0.5, 0.6) is 0 Å². The number of aromatic nitrogens is 1. The molecular weight excluding hydrogens is 458 g/mol. The third-order valence-electron chi connectivity index (χ3n) is 5.94. The van der Waals surface area contributed by atoms with Gasteiger partial charge in [-0.25, -0.2) is 4.85 Å². The standard InChI is InChI=1S/C25H16F6N2O/c1-32-19-8-9-20-18(23(19)25(29,30)31)12-21(14-5-6-14)33(20)13-17-7-10-22(34-17)15-3-2-4-16(11-15)24(26,27)28/h2-4,7-12,14H,5-6,13H2. The molecule has 1 aliphatic carbocycles. The first-order chi connectivity index (χ1) is 16.1. The smallest absolute Gasteiger partial charge is 0.416 e. The zero-order valence-corrected chi connectivity index (χ0v) is 17.5. The summed E-state index contributed by atoms with van der Waals surface area (Å²) in [6, 6.07) is 12.1. The molecule has 2 heterocycles. The highest BCUT2D eigenvalue weighted by Crippen LogP contribution is 2.47. The van der Waals surface area contributed by atoms with Gasteiger partial charge in [-0.3, -0.25) is 0 Å². The summed E-state index contributed by atoms with van der Waals surface area (Å²) in [7, 11) is 0. The van der Waals surface area contributed by atoms with Crippen molar-refractivity contribution in [2.24, 2.45) is 0 Å². The van der Waals surface area contributed by atoms with Gasteiger partial charge < -0.3 is 8.98 Å². The number of furan rings is 1. The SMILES string of the molecule is [C-]#[N+]c1ccc2c(cc(C3CC3)n2Cc2ccc(-c3cccc(C(F)(F)F)c3)o2)c1C(F)(F)F. The Bertz CT molecular complexity index is 1430. The highest BCUT2D eigenvalue weighted by molar-refractivity contribution is 5.90. The highest BCUT2D eigenvalue weighted by Gasteiger charge is 2.38. The first-order valence-corrected chi connectivity index (χ1v) is 10.4. The number of alkyl halides is 6. The summed E-state index contributed by atoms with van der Waals surface area (Å²) in [5.74, 6) is 0.745. The number of rotatable bonds is 4. The van der Waals surface area contributed by atoms with Crippen LogP contribution in [-0.2, 0) is 18.9 Å². The van der Waals surface area contributed by atoms with E-state index in [2.05, 4.69) is 4.85 Å².